The molecule has 0 aliphatic carbocycles. The highest BCUT2D eigenvalue weighted by Gasteiger charge is 2.25. The van der Waals surface area contributed by atoms with Crippen LogP contribution >= 0.6 is 0 Å². The number of amides is 2. The van der Waals surface area contributed by atoms with Crippen LogP contribution < -0.4 is 25.6 Å². The van der Waals surface area contributed by atoms with Crippen molar-refractivity contribution in [1.82, 2.24) is 14.0 Å². The molecular formula is C35H34N4O7. The first-order chi connectivity index (χ1) is 22.2. The Labute approximate surface area is 265 Å². The molecule has 0 fully saturated rings. The Hall–Kier alpha value is -5.84. The molecule has 1 heterocycles. The van der Waals surface area contributed by atoms with Gasteiger partial charge in [-0.3, -0.25) is 23.5 Å². The first kappa shape index (κ1) is 31.6. The molecule has 0 radical (unpaired) electrons. The summed E-state index contributed by atoms with van der Waals surface area (Å²) in [6.07, 6.45) is 0. The van der Waals surface area contributed by atoms with Crippen molar-refractivity contribution in [3.63, 3.8) is 0 Å². The van der Waals surface area contributed by atoms with Gasteiger partial charge in [-0.15, -0.1) is 0 Å². The van der Waals surface area contributed by atoms with Crippen LogP contribution in [0.15, 0.2) is 95.8 Å². The molecule has 0 unspecified atom stereocenters. The number of nitrogens with zero attached hydrogens (tertiary/aromatic N) is 3. The number of primary amides is 1. The van der Waals surface area contributed by atoms with E-state index in [9.17, 15) is 19.2 Å². The number of aromatic nitrogens is 2. The number of nitrogens with two attached hydrogens (primary N) is 1. The molecule has 0 bridgehead atoms. The van der Waals surface area contributed by atoms with Crippen LogP contribution in [0.5, 0.6) is 17.2 Å². The third kappa shape index (κ3) is 6.78. The largest absolute Gasteiger partial charge is 0.497 e. The van der Waals surface area contributed by atoms with Crippen molar-refractivity contribution in [2.45, 2.75) is 19.6 Å². The first-order valence-corrected chi connectivity index (χ1v) is 14.4. The van der Waals surface area contributed by atoms with Crippen molar-refractivity contribution in [3.05, 3.63) is 124 Å². The fourth-order valence-electron chi connectivity index (χ4n) is 5.39. The summed E-state index contributed by atoms with van der Waals surface area (Å²) in [4.78, 5) is 55.2. The standard InChI is InChI=1S/C35H34N4O7/c1-44-26-12-7-9-23(15-26)20-38-30-14-8-13-29(34(42)25-10-5-4-6-11-25)33(30)39(35(38)43)22-32(41)37(21-31(36)40)19-24-16-27(45-2)18-28(17-24)46-3/h4-18H,19-22H2,1-3H3,(H2,36,40). The summed E-state index contributed by atoms with van der Waals surface area (Å²) in [6.45, 7) is -0.701. The van der Waals surface area contributed by atoms with E-state index >= 15 is 0 Å². The van der Waals surface area contributed by atoms with Crippen LogP contribution in [0.3, 0.4) is 0 Å². The predicted molar refractivity (Wildman–Crippen MR) is 172 cm³/mol. The Bertz CT molecular complexity index is 1940. The summed E-state index contributed by atoms with van der Waals surface area (Å²) in [5.41, 5.74) is 7.93. The highest BCUT2D eigenvalue weighted by Crippen LogP contribution is 2.25. The third-order valence-corrected chi connectivity index (χ3v) is 7.57. The summed E-state index contributed by atoms with van der Waals surface area (Å²) in [5.74, 6) is 0.0496. The number of carbonyl (C=O) groups is 3. The molecule has 11 heteroatoms. The summed E-state index contributed by atoms with van der Waals surface area (Å²) >= 11 is 0. The molecular weight excluding hydrogens is 588 g/mol. The Morgan fingerprint density at radius 1 is 0.739 bits per heavy atom. The number of methoxy groups -OCH3 is 3. The zero-order valence-corrected chi connectivity index (χ0v) is 25.8. The lowest BCUT2D eigenvalue weighted by Gasteiger charge is -2.22. The summed E-state index contributed by atoms with van der Waals surface area (Å²) in [7, 11) is 4.57. The first-order valence-electron chi connectivity index (χ1n) is 14.4. The molecule has 0 saturated carbocycles. The molecule has 0 atom stereocenters. The molecule has 4 aromatic carbocycles. The second kappa shape index (κ2) is 13.9. The second-order valence-corrected chi connectivity index (χ2v) is 10.6. The number of hydrogen-bond donors (Lipinski definition) is 1. The van der Waals surface area contributed by atoms with Gasteiger partial charge in [0.1, 0.15) is 23.8 Å². The number of imidazole rings is 1. The molecule has 46 heavy (non-hydrogen) atoms. The van der Waals surface area contributed by atoms with Gasteiger partial charge in [-0.2, -0.15) is 0 Å². The van der Waals surface area contributed by atoms with E-state index < -0.39 is 30.6 Å². The maximum absolute atomic E-state index is 14.2. The van der Waals surface area contributed by atoms with Crippen molar-refractivity contribution in [1.29, 1.82) is 0 Å². The third-order valence-electron chi connectivity index (χ3n) is 7.57. The normalized spacial score (nSPS) is 10.8. The Morgan fingerprint density at radius 2 is 1.39 bits per heavy atom. The molecule has 2 N–H and O–H groups in total. The van der Waals surface area contributed by atoms with Gasteiger partial charge < -0.3 is 24.8 Å². The zero-order chi connectivity index (χ0) is 32.8. The number of benzene rings is 4. The average molecular weight is 623 g/mol. The number of ether oxygens (including phenoxy) is 3. The summed E-state index contributed by atoms with van der Waals surface area (Å²) in [6, 6.07) is 26.2. The van der Waals surface area contributed by atoms with E-state index in [0.29, 0.717) is 39.4 Å². The van der Waals surface area contributed by atoms with Crippen LogP contribution in [0.4, 0.5) is 0 Å². The minimum Gasteiger partial charge on any atom is -0.497 e. The number of carbonyl (C=O) groups excluding carboxylic acids is 3. The van der Waals surface area contributed by atoms with E-state index in [2.05, 4.69) is 0 Å². The average Bonchev–Trinajstić information content (AvgIpc) is 3.33. The zero-order valence-electron chi connectivity index (χ0n) is 25.8. The molecule has 5 aromatic rings. The van der Waals surface area contributed by atoms with Gasteiger partial charge in [-0.05, 0) is 47.5 Å². The molecule has 236 valence electrons. The topological polar surface area (TPSA) is 135 Å². The maximum atomic E-state index is 14.2. The van der Waals surface area contributed by atoms with Crippen LogP contribution in [0.1, 0.15) is 27.0 Å². The lowest BCUT2D eigenvalue weighted by Crippen LogP contribution is -2.41. The van der Waals surface area contributed by atoms with E-state index in [1.165, 1.54) is 28.3 Å². The SMILES string of the molecule is COc1cccc(Cn2c(=O)n(CC(=O)N(CC(N)=O)Cc3cc(OC)cc(OC)c3)c3c(C(=O)c4ccccc4)cccc32)c1. The Kier molecular flexibility index (Phi) is 9.51. The number of ketones is 1. The smallest absolute Gasteiger partial charge is 0.329 e. The molecule has 11 nitrogen and oxygen atoms in total. The van der Waals surface area contributed by atoms with E-state index in [0.717, 1.165) is 5.56 Å². The van der Waals surface area contributed by atoms with Crippen LogP contribution in [-0.4, -0.2) is 59.5 Å². The Morgan fingerprint density at radius 3 is 2.04 bits per heavy atom. The lowest BCUT2D eigenvalue weighted by atomic mass is 10.0. The fraction of sp³-hybridized carbons (Fsp3) is 0.200. The molecule has 0 aliphatic rings. The van der Waals surface area contributed by atoms with Gasteiger partial charge in [0.2, 0.25) is 11.8 Å². The van der Waals surface area contributed by atoms with Gasteiger partial charge in [0.15, 0.2) is 5.78 Å². The predicted octanol–water partition coefficient (Wildman–Crippen LogP) is 3.62. The van der Waals surface area contributed by atoms with Crippen molar-refractivity contribution >= 4 is 28.6 Å². The number of fused-ring (bicyclic) bond motifs is 1. The minimum absolute atomic E-state index is 0.0116. The quantitative estimate of drug-likeness (QED) is 0.198. The van der Waals surface area contributed by atoms with Crippen LogP contribution in [0.25, 0.3) is 11.0 Å². The van der Waals surface area contributed by atoms with Gasteiger partial charge >= 0.3 is 5.69 Å². The van der Waals surface area contributed by atoms with Crippen LogP contribution in [0, 0.1) is 0 Å². The number of hydrogen-bond acceptors (Lipinski definition) is 7. The maximum Gasteiger partial charge on any atom is 0.329 e. The van der Waals surface area contributed by atoms with Crippen LogP contribution in [-0.2, 0) is 29.2 Å². The minimum atomic E-state index is -0.726. The van der Waals surface area contributed by atoms with Gasteiger partial charge in [0, 0.05) is 23.7 Å². The molecule has 5 rings (SSSR count). The molecule has 1 aromatic heterocycles. The van der Waals surface area contributed by atoms with E-state index in [4.69, 9.17) is 19.9 Å². The highest BCUT2D eigenvalue weighted by atomic mass is 16.5. The lowest BCUT2D eigenvalue weighted by molar-refractivity contribution is -0.136. The van der Waals surface area contributed by atoms with Crippen LogP contribution in [0.2, 0.25) is 0 Å². The number of rotatable bonds is 13. The van der Waals surface area contributed by atoms with Gasteiger partial charge in [-0.25, -0.2) is 4.79 Å². The van der Waals surface area contributed by atoms with E-state index in [1.807, 2.05) is 24.3 Å². The molecule has 2 amide bonds. The van der Waals surface area contributed by atoms with Crippen molar-refractivity contribution in [2.24, 2.45) is 5.73 Å². The molecule has 0 aliphatic heterocycles. The summed E-state index contributed by atoms with van der Waals surface area (Å²) in [5, 5.41) is 0. The van der Waals surface area contributed by atoms with Crippen molar-refractivity contribution in [3.8, 4) is 17.2 Å². The Balaban J connectivity index is 1.61. The molecule has 0 spiro atoms. The van der Waals surface area contributed by atoms with Gasteiger partial charge in [0.05, 0.1) is 45.5 Å². The van der Waals surface area contributed by atoms with Crippen molar-refractivity contribution in [2.75, 3.05) is 27.9 Å². The monoisotopic (exact) mass is 622 g/mol. The number of para-hydroxylation sites is 1. The van der Waals surface area contributed by atoms with Gasteiger partial charge in [-0.1, -0.05) is 48.5 Å². The fourth-order valence-corrected chi connectivity index (χ4v) is 5.39. The van der Waals surface area contributed by atoms with E-state index in [1.54, 1.807) is 73.8 Å². The molecule has 0 saturated heterocycles. The van der Waals surface area contributed by atoms with Gasteiger partial charge in [0.25, 0.3) is 0 Å². The van der Waals surface area contributed by atoms with Crippen molar-refractivity contribution < 1.29 is 28.6 Å². The second-order valence-electron chi connectivity index (χ2n) is 10.6. The highest BCUT2D eigenvalue weighted by molar-refractivity contribution is 6.15. The summed E-state index contributed by atoms with van der Waals surface area (Å²) < 4.78 is 18.9. The van der Waals surface area contributed by atoms with E-state index in [-0.39, 0.29) is 24.4 Å².